The Kier molecular flexibility index (Phi) is 4.91. The van der Waals surface area contributed by atoms with E-state index in [4.69, 9.17) is 0 Å². The summed E-state index contributed by atoms with van der Waals surface area (Å²) in [6.07, 6.45) is 3.89. The summed E-state index contributed by atoms with van der Waals surface area (Å²) in [6, 6.07) is 5.99. The third-order valence-corrected chi connectivity index (χ3v) is 3.82. The number of rotatable bonds is 5. The normalized spacial score (nSPS) is 19.6. The zero-order valence-corrected chi connectivity index (χ0v) is 11.9. The van der Waals surface area contributed by atoms with Crippen LogP contribution in [-0.2, 0) is 11.3 Å². The van der Waals surface area contributed by atoms with Gasteiger partial charge in [-0.25, -0.2) is 0 Å². The molecular formula is C15H23N3O. The first-order chi connectivity index (χ1) is 9.26. The molecule has 0 spiro atoms. The van der Waals surface area contributed by atoms with Crippen LogP contribution in [0.3, 0.4) is 0 Å². The molecule has 1 aliphatic heterocycles. The fraction of sp³-hybridized carbons (Fsp3) is 0.600. The lowest BCUT2D eigenvalue weighted by Crippen LogP contribution is -2.45. The summed E-state index contributed by atoms with van der Waals surface area (Å²) in [5, 5.41) is 0. The van der Waals surface area contributed by atoms with E-state index in [1.54, 1.807) is 0 Å². The van der Waals surface area contributed by atoms with Crippen molar-refractivity contribution in [3.8, 4) is 0 Å². The average molecular weight is 261 g/mol. The maximum absolute atomic E-state index is 12.5. The molecule has 0 aliphatic carbocycles. The van der Waals surface area contributed by atoms with E-state index in [0.717, 1.165) is 44.7 Å². The van der Waals surface area contributed by atoms with Crippen molar-refractivity contribution in [1.29, 1.82) is 0 Å². The molecule has 1 aromatic heterocycles. The zero-order valence-electron chi connectivity index (χ0n) is 11.9. The van der Waals surface area contributed by atoms with E-state index in [-0.39, 0.29) is 11.9 Å². The molecule has 1 aromatic rings. The van der Waals surface area contributed by atoms with E-state index in [1.807, 2.05) is 43.1 Å². The number of likely N-dealkylation sites (N-methyl/N-ethyl adjacent to an activating group) is 1. The second kappa shape index (κ2) is 6.66. The fourth-order valence-electron chi connectivity index (χ4n) is 2.74. The largest absolute Gasteiger partial charge is 0.342 e. The molecule has 0 aromatic carbocycles. The van der Waals surface area contributed by atoms with Crippen LogP contribution in [0.4, 0.5) is 0 Å². The number of aromatic nitrogens is 1. The number of carbonyl (C=O) groups excluding carboxylic acids is 1. The number of pyridine rings is 1. The van der Waals surface area contributed by atoms with E-state index in [1.165, 1.54) is 0 Å². The first kappa shape index (κ1) is 14.0. The van der Waals surface area contributed by atoms with Crippen molar-refractivity contribution in [2.24, 2.45) is 0 Å². The predicted molar refractivity (Wildman–Crippen MR) is 75.6 cm³/mol. The molecule has 1 aliphatic rings. The summed E-state index contributed by atoms with van der Waals surface area (Å²) in [7, 11) is 0. The van der Waals surface area contributed by atoms with Crippen molar-refractivity contribution in [1.82, 2.24) is 14.8 Å². The minimum Gasteiger partial charge on any atom is -0.342 e. The molecular weight excluding hydrogens is 238 g/mol. The van der Waals surface area contributed by atoms with Gasteiger partial charge < -0.3 is 4.90 Å². The van der Waals surface area contributed by atoms with Crippen molar-refractivity contribution in [3.05, 3.63) is 30.1 Å². The maximum Gasteiger partial charge on any atom is 0.239 e. The number of hydrogen-bond acceptors (Lipinski definition) is 3. The highest BCUT2D eigenvalue weighted by Gasteiger charge is 2.32. The Morgan fingerprint density at radius 2 is 2.21 bits per heavy atom. The van der Waals surface area contributed by atoms with Crippen molar-refractivity contribution in [2.75, 3.05) is 19.6 Å². The Hall–Kier alpha value is -1.42. The van der Waals surface area contributed by atoms with Crippen LogP contribution in [0.25, 0.3) is 0 Å². The van der Waals surface area contributed by atoms with Crippen LogP contribution in [0.15, 0.2) is 24.4 Å². The SMILES string of the molecule is CCN(CC)C(=O)C1CCCN1Cc1ccccn1. The van der Waals surface area contributed by atoms with E-state index in [2.05, 4.69) is 9.88 Å². The standard InChI is InChI=1S/C15H23N3O/c1-3-17(4-2)15(19)14-9-7-11-18(14)12-13-8-5-6-10-16-13/h5-6,8,10,14H,3-4,7,9,11-12H2,1-2H3. The summed E-state index contributed by atoms with van der Waals surface area (Å²) in [4.78, 5) is 21.0. The van der Waals surface area contributed by atoms with Crippen LogP contribution >= 0.6 is 0 Å². The lowest BCUT2D eigenvalue weighted by molar-refractivity contribution is -0.135. The van der Waals surface area contributed by atoms with Crippen LogP contribution in [-0.4, -0.2) is 46.4 Å². The van der Waals surface area contributed by atoms with Crippen LogP contribution in [0, 0.1) is 0 Å². The van der Waals surface area contributed by atoms with Crippen LogP contribution in [0.5, 0.6) is 0 Å². The van der Waals surface area contributed by atoms with Gasteiger partial charge in [0.15, 0.2) is 0 Å². The Bertz CT molecular complexity index is 403. The molecule has 0 saturated carbocycles. The molecule has 1 fully saturated rings. The molecule has 19 heavy (non-hydrogen) atoms. The molecule has 2 rings (SSSR count). The van der Waals surface area contributed by atoms with Gasteiger partial charge in [0.1, 0.15) is 0 Å². The Balaban J connectivity index is 2.02. The van der Waals surface area contributed by atoms with E-state index < -0.39 is 0 Å². The van der Waals surface area contributed by atoms with E-state index in [0.29, 0.717) is 0 Å². The number of nitrogens with zero attached hydrogens (tertiary/aromatic N) is 3. The van der Waals surface area contributed by atoms with Gasteiger partial charge in [0.2, 0.25) is 5.91 Å². The lowest BCUT2D eigenvalue weighted by atomic mass is 10.2. The minimum absolute atomic E-state index is 0.0434. The van der Waals surface area contributed by atoms with Crippen molar-refractivity contribution in [3.63, 3.8) is 0 Å². The molecule has 2 heterocycles. The van der Waals surface area contributed by atoms with Gasteiger partial charge in [0, 0.05) is 25.8 Å². The van der Waals surface area contributed by atoms with Gasteiger partial charge in [-0.2, -0.15) is 0 Å². The smallest absolute Gasteiger partial charge is 0.239 e. The van der Waals surface area contributed by atoms with Gasteiger partial charge in [-0.3, -0.25) is 14.7 Å². The van der Waals surface area contributed by atoms with Gasteiger partial charge in [-0.15, -0.1) is 0 Å². The molecule has 1 atom stereocenters. The molecule has 1 amide bonds. The monoisotopic (exact) mass is 261 g/mol. The summed E-state index contributed by atoms with van der Waals surface area (Å²) in [5.41, 5.74) is 1.04. The number of hydrogen-bond donors (Lipinski definition) is 0. The summed E-state index contributed by atoms with van der Waals surface area (Å²) >= 11 is 0. The fourth-order valence-corrected chi connectivity index (χ4v) is 2.74. The van der Waals surface area contributed by atoms with Crippen LogP contribution in [0.2, 0.25) is 0 Å². The summed E-state index contributed by atoms with van der Waals surface area (Å²) in [5.74, 6) is 0.276. The highest BCUT2D eigenvalue weighted by Crippen LogP contribution is 2.21. The molecule has 4 heteroatoms. The lowest BCUT2D eigenvalue weighted by Gasteiger charge is -2.28. The number of likely N-dealkylation sites (tertiary alicyclic amines) is 1. The maximum atomic E-state index is 12.5. The molecule has 0 bridgehead atoms. The topological polar surface area (TPSA) is 36.4 Å². The van der Waals surface area contributed by atoms with E-state index >= 15 is 0 Å². The first-order valence-corrected chi connectivity index (χ1v) is 7.19. The quantitative estimate of drug-likeness (QED) is 0.812. The summed E-state index contributed by atoms with van der Waals surface area (Å²) < 4.78 is 0. The van der Waals surface area contributed by atoms with Crippen molar-refractivity contribution < 1.29 is 4.79 Å². The molecule has 1 unspecified atom stereocenters. The van der Waals surface area contributed by atoms with Gasteiger partial charge in [-0.1, -0.05) is 6.07 Å². The Morgan fingerprint density at radius 1 is 1.42 bits per heavy atom. The van der Waals surface area contributed by atoms with Crippen LogP contribution < -0.4 is 0 Å². The van der Waals surface area contributed by atoms with Crippen LogP contribution in [0.1, 0.15) is 32.4 Å². The second-order valence-electron chi connectivity index (χ2n) is 4.96. The zero-order chi connectivity index (χ0) is 13.7. The minimum atomic E-state index is 0.0434. The summed E-state index contributed by atoms with van der Waals surface area (Å²) in [6.45, 7) is 7.44. The van der Waals surface area contributed by atoms with Gasteiger partial charge in [0.05, 0.1) is 11.7 Å². The third kappa shape index (κ3) is 3.32. The third-order valence-electron chi connectivity index (χ3n) is 3.82. The number of carbonyl (C=O) groups is 1. The van der Waals surface area contributed by atoms with Gasteiger partial charge in [0.25, 0.3) is 0 Å². The van der Waals surface area contributed by atoms with E-state index in [9.17, 15) is 4.79 Å². The molecule has 104 valence electrons. The highest BCUT2D eigenvalue weighted by atomic mass is 16.2. The highest BCUT2D eigenvalue weighted by molar-refractivity contribution is 5.82. The first-order valence-electron chi connectivity index (χ1n) is 7.19. The molecule has 4 nitrogen and oxygen atoms in total. The number of amides is 1. The molecule has 0 radical (unpaired) electrons. The average Bonchev–Trinajstić information content (AvgIpc) is 2.89. The molecule has 0 N–H and O–H groups in total. The molecule has 1 saturated heterocycles. The Morgan fingerprint density at radius 3 is 2.84 bits per heavy atom. The second-order valence-corrected chi connectivity index (χ2v) is 4.96. The van der Waals surface area contributed by atoms with Gasteiger partial charge in [-0.05, 0) is 45.4 Å². The predicted octanol–water partition coefficient (Wildman–Crippen LogP) is 1.91. The van der Waals surface area contributed by atoms with Gasteiger partial charge >= 0.3 is 0 Å². The van der Waals surface area contributed by atoms with Crippen molar-refractivity contribution >= 4 is 5.91 Å². The Labute approximate surface area is 115 Å². The van der Waals surface area contributed by atoms with Crippen molar-refractivity contribution in [2.45, 2.75) is 39.3 Å².